The van der Waals surface area contributed by atoms with E-state index in [1.165, 1.54) is 87.6 Å². The van der Waals surface area contributed by atoms with Crippen LogP contribution < -0.4 is 5.46 Å². The Morgan fingerprint density at radius 1 is 0.327 bits per heavy atom. The Bertz CT molecular complexity index is 2910. The summed E-state index contributed by atoms with van der Waals surface area (Å²) in [7, 11) is -0.464. The van der Waals surface area contributed by atoms with Crippen LogP contribution in [-0.4, -0.2) is 18.3 Å². The van der Waals surface area contributed by atoms with Crippen LogP contribution in [0.1, 0.15) is 27.7 Å². The van der Waals surface area contributed by atoms with Gasteiger partial charge in [0.2, 0.25) is 0 Å². The molecular weight excluding hydrogens is 667 g/mol. The highest BCUT2D eigenvalue weighted by atomic mass is 16.7. The number of fused-ring (bicyclic) bond motifs is 4. The fourth-order valence-electron chi connectivity index (χ4n) is 8.34. The van der Waals surface area contributed by atoms with Gasteiger partial charge in [0.25, 0.3) is 0 Å². The first-order valence-corrected chi connectivity index (χ1v) is 19.3. The summed E-state index contributed by atoms with van der Waals surface area (Å²) in [5, 5.41) is 9.82. The topological polar surface area (TPSA) is 18.5 Å². The van der Waals surface area contributed by atoms with Gasteiger partial charge in [0.15, 0.2) is 0 Å². The maximum absolute atomic E-state index is 6.60. The van der Waals surface area contributed by atoms with Crippen LogP contribution in [0.3, 0.4) is 0 Å². The zero-order valence-electron chi connectivity index (χ0n) is 31.6. The molecule has 0 bridgehead atoms. The van der Waals surface area contributed by atoms with Crippen molar-refractivity contribution in [2.24, 2.45) is 0 Å². The lowest BCUT2D eigenvalue weighted by Crippen LogP contribution is -2.41. The van der Waals surface area contributed by atoms with Gasteiger partial charge in [-0.1, -0.05) is 164 Å². The number of hydrogen-bond donors (Lipinski definition) is 0. The predicted molar refractivity (Wildman–Crippen MR) is 234 cm³/mol. The van der Waals surface area contributed by atoms with Gasteiger partial charge in [-0.05, 0) is 133 Å². The lowest BCUT2D eigenvalue weighted by atomic mass is 9.76. The average Bonchev–Trinajstić information content (AvgIpc) is 3.45. The Hall–Kier alpha value is -6.00. The molecule has 55 heavy (non-hydrogen) atoms. The third-order valence-electron chi connectivity index (χ3n) is 12.1. The van der Waals surface area contributed by atoms with Crippen LogP contribution in [0.4, 0.5) is 0 Å². The molecule has 1 heterocycles. The van der Waals surface area contributed by atoms with Gasteiger partial charge in [0.1, 0.15) is 0 Å². The van der Waals surface area contributed by atoms with Crippen LogP contribution in [-0.2, 0) is 9.31 Å². The Morgan fingerprint density at radius 2 is 0.709 bits per heavy atom. The van der Waals surface area contributed by atoms with E-state index < -0.39 is 18.3 Å². The molecule has 3 heteroatoms. The fourth-order valence-corrected chi connectivity index (χ4v) is 8.34. The summed E-state index contributed by atoms with van der Waals surface area (Å²) in [6.45, 7) is 8.46. The molecule has 0 unspecified atom stereocenters. The normalized spacial score (nSPS) is 15.0. The molecule has 0 aromatic heterocycles. The summed E-state index contributed by atoms with van der Waals surface area (Å²) >= 11 is 0. The molecule has 0 spiro atoms. The zero-order chi connectivity index (χ0) is 37.3. The number of rotatable bonds is 5. The van der Waals surface area contributed by atoms with E-state index in [0.717, 1.165) is 5.46 Å². The van der Waals surface area contributed by atoms with Crippen molar-refractivity contribution in [3.05, 3.63) is 176 Å². The summed E-state index contributed by atoms with van der Waals surface area (Å²) in [4.78, 5) is 0. The molecule has 2 nitrogen and oxygen atoms in total. The summed E-state index contributed by atoms with van der Waals surface area (Å²) in [5.41, 5.74) is 9.79. The van der Waals surface area contributed by atoms with Crippen molar-refractivity contribution in [2.75, 3.05) is 0 Å². The fraction of sp³-hybridized carbons (Fsp3) is 0.115. The van der Waals surface area contributed by atoms with Crippen molar-refractivity contribution in [2.45, 2.75) is 38.9 Å². The molecule has 0 N–H and O–H groups in total. The van der Waals surface area contributed by atoms with Crippen molar-refractivity contribution in [3.63, 3.8) is 0 Å². The SMILES string of the molecule is CC1(C)OB(c2ccc3c(-c4ccc(-c5ccc6ccccc6c5)cc4)c4ccccc4c(-c4ccc(-c5ccc6ccccc6c5)cc4)c3c2)OC1(C)C. The van der Waals surface area contributed by atoms with E-state index in [1.54, 1.807) is 0 Å². The van der Waals surface area contributed by atoms with E-state index in [4.69, 9.17) is 9.31 Å². The number of benzene rings is 9. The standard InChI is InChI=1S/C52H41BO2/c1-51(2)52(3,4)55-53(54-51)44-29-30-47-48(33-44)50(39-25-19-37(20-26-39)43-28-22-35-12-6-8-14-41(35)32-43)46-16-10-9-15-45(46)49(47)38-23-17-36(18-24-38)42-27-21-34-11-5-7-13-40(34)31-42/h5-33H,1-4H3. The largest absolute Gasteiger partial charge is 0.494 e. The highest BCUT2D eigenvalue weighted by molar-refractivity contribution is 6.62. The van der Waals surface area contributed by atoms with E-state index in [9.17, 15) is 0 Å². The van der Waals surface area contributed by atoms with Gasteiger partial charge in [0.05, 0.1) is 11.2 Å². The molecule has 0 amide bonds. The lowest BCUT2D eigenvalue weighted by Gasteiger charge is -2.32. The van der Waals surface area contributed by atoms with Gasteiger partial charge >= 0.3 is 7.12 Å². The van der Waals surface area contributed by atoms with Crippen LogP contribution in [0, 0.1) is 0 Å². The third-order valence-corrected chi connectivity index (χ3v) is 12.1. The molecule has 0 saturated carbocycles. The van der Waals surface area contributed by atoms with Gasteiger partial charge in [0, 0.05) is 0 Å². The third kappa shape index (κ3) is 5.74. The van der Waals surface area contributed by atoms with Crippen molar-refractivity contribution < 1.29 is 9.31 Å². The first-order chi connectivity index (χ1) is 26.7. The van der Waals surface area contributed by atoms with E-state index >= 15 is 0 Å². The zero-order valence-corrected chi connectivity index (χ0v) is 31.6. The Kier molecular flexibility index (Phi) is 7.82. The van der Waals surface area contributed by atoms with E-state index in [2.05, 4.69) is 204 Å². The van der Waals surface area contributed by atoms with Crippen LogP contribution in [0.25, 0.3) is 87.6 Å². The molecule has 9 aromatic rings. The second-order valence-corrected chi connectivity index (χ2v) is 16.0. The molecule has 0 atom stereocenters. The Labute approximate surface area is 323 Å². The lowest BCUT2D eigenvalue weighted by molar-refractivity contribution is 0.00578. The molecule has 10 rings (SSSR count). The van der Waals surface area contributed by atoms with Crippen LogP contribution in [0.15, 0.2) is 176 Å². The molecule has 0 aliphatic carbocycles. The maximum atomic E-state index is 6.60. The van der Waals surface area contributed by atoms with Gasteiger partial charge < -0.3 is 9.31 Å². The molecule has 1 aliphatic heterocycles. The Morgan fingerprint density at radius 3 is 1.20 bits per heavy atom. The second kappa shape index (κ2) is 12.8. The molecular formula is C52H41BO2. The van der Waals surface area contributed by atoms with E-state index in [-0.39, 0.29) is 0 Å². The van der Waals surface area contributed by atoms with E-state index in [1.807, 2.05) is 0 Å². The monoisotopic (exact) mass is 708 g/mol. The highest BCUT2D eigenvalue weighted by Crippen LogP contribution is 2.45. The van der Waals surface area contributed by atoms with E-state index in [0.29, 0.717) is 0 Å². The van der Waals surface area contributed by atoms with Crippen molar-refractivity contribution >= 4 is 55.7 Å². The summed E-state index contributed by atoms with van der Waals surface area (Å²) < 4.78 is 13.2. The molecule has 1 fully saturated rings. The number of hydrogen-bond acceptors (Lipinski definition) is 2. The van der Waals surface area contributed by atoms with Crippen LogP contribution >= 0.6 is 0 Å². The molecule has 1 saturated heterocycles. The average molecular weight is 709 g/mol. The molecule has 1 aliphatic rings. The smallest absolute Gasteiger partial charge is 0.399 e. The van der Waals surface area contributed by atoms with Gasteiger partial charge in [-0.3, -0.25) is 0 Å². The summed E-state index contributed by atoms with van der Waals surface area (Å²) in [5.74, 6) is 0. The predicted octanol–water partition coefficient (Wildman–Crippen LogP) is 13.3. The first-order valence-electron chi connectivity index (χ1n) is 19.3. The quantitative estimate of drug-likeness (QED) is 0.131. The van der Waals surface area contributed by atoms with Crippen molar-refractivity contribution in [1.29, 1.82) is 0 Å². The molecule has 264 valence electrons. The van der Waals surface area contributed by atoms with Crippen molar-refractivity contribution in [1.82, 2.24) is 0 Å². The minimum absolute atomic E-state index is 0.435. The highest BCUT2D eigenvalue weighted by Gasteiger charge is 2.51. The maximum Gasteiger partial charge on any atom is 0.494 e. The summed E-state index contributed by atoms with van der Waals surface area (Å²) in [6.07, 6.45) is 0. The minimum atomic E-state index is -0.464. The van der Waals surface area contributed by atoms with Gasteiger partial charge in [-0.25, -0.2) is 0 Å². The van der Waals surface area contributed by atoms with Crippen LogP contribution in [0.2, 0.25) is 0 Å². The minimum Gasteiger partial charge on any atom is -0.399 e. The second-order valence-electron chi connectivity index (χ2n) is 16.0. The Balaban J connectivity index is 1.14. The first kappa shape index (κ1) is 33.6. The van der Waals surface area contributed by atoms with Gasteiger partial charge in [-0.2, -0.15) is 0 Å². The van der Waals surface area contributed by atoms with Gasteiger partial charge in [-0.15, -0.1) is 0 Å². The molecule has 0 radical (unpaired) electrons. The molecule has 9 aromatic carbocycles. The van der Waals surface area contributed by atoms with Crippen LogP contribution in [0.5, 0.6) is 0 Å². The summed E-state index contributed by atoms with van der Waals surface area (Å²) in [6, 6.07) is 64.4. The van der Waals surface area contributed by atoms with Crippen molar-refractivity contribution in [3.8, 4) is 44.5 Å².